The summed E-state index contributed by atoms with van der Waals surface area (Å²) in [5.41, 5.74) is 7.65. The summed E-state index contributed by atoms with van der Waals surface area (Å²) in [6.45, 7) is 7.32. The lowest BCUT2D eigenvalue weighted by Crippen LogP contribution is -2.23. The molecular weight excluding hydrogens is 144 g/mol. The van der Waals surface area contributed by atoms with Gasteiger partial charge in [-0.2, -0.15) is 10.6 Å². The second-order valence-corrected chi connectivity index (χ2v) is 2.22. The van der Waals surface area contributed by atoms with E-state index in [1.54, 1.807) is 0 Å². The van der Waals surface area contributed by atoms with Gasteiger partial charge in [-0.25, -0.2) is 0 Å². The van der Waals surface area contributed by atoms with Crippen LogP contribution in [0.2, 0.25) is 0 Å². The molecule has 5 nitrogen and oxygen atoms in total. The molecule has 0 saturated carbocycles. The quantitative estimate of drug-likeness (QED) is 0.333. The van der Waals surface area contributed by atoms with E-state index < -0.39 is 0 Å². The first-order valence-electron chi connectivity index (χ1n) is 3.31. The topological polar surface area (TPSA) is 72.0 Å². The maximum absolute atomic E-state index is 5.38. The van der Waals surface area contributed by atoms with Crippen molar-refractivity contribution in [3.8, 4) is 0 Å². The normalized spacial score (nSPS) is 11.7. The van der Waals surface area contributed by atoms with Crippen molar-refractivity contribution >= 4 is 12.6 Å². The average molecular weight is 158 g/mol. The van der Waals surface area contributed by atoms with Crippen molar-refractivity contribution in [3.05, 3.63) is 0 Å². The SMILES string of the molecule is C=NN/N=C(\N)COC(C)C. The zero-order valence-corrected chi connectivity index (χ0v) is 6.87. The van der Waals surface area contributed by atoms with Crippen LogP contribution in [0.1, 0.15) is 13.8 Å². The molecule has 3 N–H and O–H groups in total. The van der Waals surface area contributed by atoms with Crippen molar-refractivity contribution in [2.45, 2.75) is 20.0 Å². The molecule has 0 unspecified atom stereocenters. The van der Waals surface area contributed by atoms with Crippen molar-refractivity contribution in [3.63, 3.8) is 0 Å². The lowest BCUT2D eigenvalue weighted by Gasteiger charge is -2.05. The zero-order chi connectivity index (χ0) is 8.69. The minimum Gasteiger partial charge on any atom is -0.384 e. The Labute approximate surface area is 66.3 Å². The molecule has 5 heteroatoms. The Kier molecular flexibility index (Phi) is 5.10. The molecule has 64 valence electrons. The van der Waals surface area contributed by atoms with Gasteiger partial charge in [0.1, 0.15) is 12.4 Å². The molecule has 0 heterocycles. The van der Waals surface area contributed by atoms with Gasteiger partial charge in [0.15, 0.2) is 0 Å². The zero-order valence-electron chi connectivity index (χ0n) is 6.87. The molecule has 0 saturated heterocycles. The van der Waals surface area contributed by atoms with E-state index in [1.807, 2.05) is 13.8 Å². The van der Waals surface area contributed by atoms with Crippen molar-refractivity contribution < 1.29 is 4.74 Å². The van der Waals surface area contributed by atoms with E-state index in [2.05, 4.69) is 22.5 Å². The van der Waals surface area contributed by atoms with Crippen LogP contribution < -0.4 is 11.3 Å². The number of amidine groups is 1. The number of rotatable bonds is 5. The van der Waals surface area contributed by atoms with Gasteiger partial charge in [-0.3, -0.25) is 0 Å². The first-order chi connectivity index (χ1) is 5.16. The van der Waals surface area contributed by atoms with Gasteiger partial charge in [0.05, 0.1) is 6.10 Å². The molecule has 0 aromatic rings. The average Bonchev–Trinajstić information content (AvgIpc) is 1.97. The third-order valence-electron chi connectivity index (χ3n) is 0.829. The van der Waals surface area contributed by atoms with Crippen molar-refractivity contribution in [2.24, 2.45) is 15.9 Å². The molecule has 0 atom stereocenters. The summed E-state index contributed by atoms with van der Waals surface area (Å²) in [7, 11) is 0. The largest absolute Gasteiger partial charge is 0.384 e. The summed E-state index contributed by atoms with van der Waals surface area (Å²) in [4.78, 5) is 0. The van der Waals surface area contributed by atoms with Crippen LogP contribution in [-0.4, -0.2) is 25.3 Å². The highest BCUT2D eigenvalue weighted by Crippen LogP contribution is 1.85. The van der Waals surface area contributed by atoms with Crippen LogP contribution in [0.25, 0.3) is 0 Å². The van der Waals surface area contributed by atoms with Crippen LogP contribution in [0.5, 0.6) is 0 Å². The highest BCUT2D eigenvalue weighted by atomic mass is 16.5. The second-order valence-electron chi connectivity index (χ2n) is 2.22. The number of nitrogens with two attached hydrogens (primary N) is 1. The standard InChI is InChI=1S/C6H14N4O/c1-5(2)11-4-6(7)9-10-8-3/h5,10H,3-4H2,1-2H3,(H2,7,9). The fourth-order valence-corrected chi connectivity index (χ4v) is 0.384. The van der Waals surface area contributed by atoms with Crippen LogP contribution >= 0.6 is 0 Å². The summed E-state index contributed by atoms with van der Waals surface area (Å²) in [6, 6.07) is 0. The van der Waals surface area contributed by atoms with Crippen molar-refractivity contribution in [1.82, 2.24) is 5.53 Å². The van der Waals surface area contributed by atoms with Gasteiger partial charge in [0.2, 0.25) is 0 Å². The third-order valence-corrected chi connectivity index (χ3v) is 0.829. The molecule has 0 aliphatic heterocycles. The summed E-state index contributed by atoms with van der Waals surface area (Å²) in [5, 5.41) is 6.88. The van der Waals surface area contributed by atoms with E-state index in [-0.39, 0.29) is 6.10 Å². The highest BCUT2D eigenvalue weighted by Gasteiger charge is 1.95. The van der Waals surface area contributed by atoms with E-state index in [0.717, 1.165) is 0 Å². The smallest absolute Gasteiger partial charge is 0.147 e. The molecule has 0 spiro atoms. The van der Waals surface area contributed by atoms with Crippen molar-refractivity contribution in [2.75, 3.05) is 6.61 Å². The van der Waals surface area contributed by atoms with Gasteiger partial charge in [-0.1, -0.05) is 0 Å². The Morgan fingerprint density at radius 2 is 2.36 bits per heavy atom. The molecule has 0 aromatic heterocycles. The van der Waals surface area contributed by atoms with Crippen LogP contribution in [-0.2, 0) is 4.74 Å². The summed E-state index contributed by atoms with van der Waals surface area (Å²) in [5.74, 6) is 0.353. The molecule has 0 rings (SSSR count). The maximum Gasteiger partial charge on any atom is 0.147 e. The fourth-order valence-electron chi connectivity index (χ4n) is 0.384. The molecular formula is C6H14N4O. The Morgan fingerprint density at radius 1 is 1.73 bits per heavy atom. The first-order valence-corrected chi connectivity index (χ1v) is 3.31. The number of ether oxygens (including phenoxy) is 1. The predicted octanol–water partition coefficient (Wildman–Crippen LogP) is -0.111. The van der Waals surface area contributed by atoms with E-state index in [0.29, 0.717) is 12.4 Å². The number of hydrazone groups is 2. The summed E-state index contributed by atoms with van der Waals surface area (Å²) in [6.07, 6.45) is 0.153. The van der Waals surface area contributed by atoms with Gasteiger partial charge < -0.3 is 10.5 Å². The lowest BCUT2D eigenvalue weighted by atomic mass is 10.5. The minimum atomic E-state index is 0.153. The molecule has 0 fully saturated rings. The number of nitrogens with one attached hydrogen (secondary N) is 1. The second kappa shape index (κ2) is 5.67. The van der Waals surface area contributed by atoms with Gasteiger partial charge >= 0.3 is 0 Å². The minimum absolute atomic E-state index is 0.153. The Hall–Kier alpha value is -1.10. The van der Waals surface area contributed by atoms with Gasteiger partial charge in [0.25, 0.3) is 0 Å². The van der Waals surface area contributed by atoms with Gasteiger partial charge in [-0.05, 0) is 13.8 Å². The molecule has 0 amide bonds. The summed E-state index contributed by atoms with van der Waals surface area (Å²) >= 11 is 0. The Morgan fingerprint density at radius 3 is 2.82 bits per heavy atom. The molecule has 0 radical (unpaired) electrons. The number of nitrogens with zero attached hydrogens (tertiary/aromatic N) is 2. The van der Waals surface area contributed by atoms with E-state index in [4.69, 9.17) is 10.5 Å². The van der Waals surface area contributed by atoms with E-state index in [9.17, 15) is 0 Å². The molecule has 0 aliphatic carbocycles. The van der Waals surface area contributed by atoms with Gasteiger partial charge in [-0.15, -0.1) is 5.10 Å². The maximum atomic E-state index is 5.38. The van der Waals surface area contributed by atoms with Crippen LogP contribution in [0, 0.1) is 0 Å². The third kappa shape index (κ3) is 6.79. The van der Waals surface area contributed by atoms with E-state index >= 15 is 0 Å². The molecule has 0 bridgehead atoms. The Balaban J connectivity index is 3.50. The van der Waals surface area contributed by atoms with Crippen LogP contribution in [0.4, 0.5) is 0 Å². The van der Waals surface area contributed by atoms with Crippen LogP contribution in [0.15, 0.2) is 10.2 Å². The number of hydrogen-bond donors (Lipinski definition) is 2. The lowest BCUT2D eigenvalue weighted by molar-refractivity contribution is 0.110. The predicted molar refractivity (Wildman–Crippen MR) is 45.4 cm³/mol. The molecule has 11 heavy (non-hydrogen) atoms. The Bertz CT molecular complexity index is 144. The van der Waals surface area contributed by atoms with Gasteiger partial charge in [0, 0.05) is 6.72 Å². The van der Waals surface area contributed by atoms with Crippen molar-refractivity contribution in [1.29, 1.82) is 0 Å². The molecule has 0 aromatic carbocycles. The van der Waals surface area contributed by atoms with Crippen LogP contribution in [0.3, 0.4) is 0 Å². The van der Waals surface area contributed by atoms with E-state index in [1.165, 1.54) is 0 Å². The number of hydrogen-bond acceptors (Lipinski definition) is 4. The highest BCUT2D eigenvalue weighted by molar-refractivity contribution is 5.81. The first kappa shape index (κ1) is 9.90. The monoisotopic (exact) mass is 158 g/mol. The summed E-state index contributed by atoms with van der Waals surface area (Å²) < 4.78 is 5.14. The molecule has 0 aliphatic rings. The fraction of sp³-hybridized carbons (Fsp3) is 0.667.